The molecule has 2 N–H and O–H groups in total. The summed E-state index contributed by atoms with van der Waals surface area (Å²) < 4.78 is 49.8. The topological polar surface area (TPSA) is 141 Å². The lowest BCUT2D eigenvalue weighted by Crippen LogP contribution is -2.51. The maximum Gasteiger partial charge on any atom is 0.407 e. The number of fused-ring (bicyclic) bond motifs is 5. The fourth-order valence-electron chi connectivity index (χ4n) is 11.1. The summed E-state index contributed by atoms with van der Waals surface area (Å²) in [5.74, 6) is 4.97. The summed E-state index contributed by atoms with van der Waals surface area (Å²) in [5.41, 5.74) is 1.79. The number of alkyl carbamates (subject to hydrolysis) is 2. The van der Waals surface area contributed by atoms with Gasteiger partial charge in [0.15, 0.2) is 0 Å². The van der Waals surface area contributed by atoms with Gasteiger partial charge < -0.3 is 53.3 Å². The monoisotopic (exact) mass is 881 g/mol. The highest BCUT2D eigenvalue weighted by atomic mass is 16.6. The van der Waals surface area contributed by atoms with Gasteiger partial charge in [-0.05, 0) is 112 Å². The van der Waals surface area contributed by atoms with Crippen molar-refractivity contribution in [3.05, 3.63) is 11.6 Å². The number of allylic oxidation sites excluding steroid dienone is 1. The maximum absolute atomic E-state index is 12.7. The molecule has 13 nitrogen and oxygen atoms in total. The molecule has 0 heterocycles. The summed E-state index contributed by atoms with van der Waals surface area (Å²) in [6.45, 7) is 25.2. The van der Waals surface area contributed by atoms with Crippen LogP contribution in [0.1, 0.15) is 126 Å². The predicted molar refractivity (Wildman–Crippen MR) is 241 cm³/mol. The van der Waals surface area contributed by atoms with E-state index in [1.54, 1.807) is 5.57 Å². The van der Waals surface area contributed by atoms with Gasteiger partial charge >= 0.3 is 12.2 Å². The smallest absolute Gasteiger partial charge is 0.407 e. The van der Waals surface area contributed by atoms with Crippen LogP contribution in [0.15, 0.2) is 11.6 Å². The molecule has 0 aliphatic heterocycles. The van der Waals surface area contributed by atoms with E-state index in [0.29, 0.717) is 111 Å². The molecule has 0 spiro atoms. The summed E-state index contributed by atoms with van der Waals surface area (Å²) in [4.78, 5) is 24.3. The van der Waals surface area contributed by atoms with Crippen molar-refractivity contribution in [3.8, 4) is 0 Å². The first-order valence-electron chi connectivity index (χ1n) is 24.4. The van der Waals surface area contributed by atoms with Crippen LogP contribution in [0.4, 0.5) is 9.59 Å². The first-order chi connectivity index (χ1) is 29.7. The van der Waals surface area contributed by atoms with Crippen LogP contribution in [-0.2, 0) is 42.6 Å². The molecule has 2 amide bonds. The van der Waals surface area contributed by atoms with Crippen LogP contribution in [0.2, 0.25) is 0 Å². The Bertz CT molecular complexity index is 1310. The van der Waals surface area contributed by atoms with Crippen LogP contribution in [0, 0.1) is 46.3 Å². The molecule has 0 aromatic carbocycles. The van der Waals surface area contributed by atoms with E-state index >= 15 is 0 Å². The van der Waals surface area contributed by atoms with Gasteiger partial charge in [0.05, 0.1) is 92.5 Å². The summed E-state index contributed by atoms with van der Waals surface area (Å²) in [6, 6.07) is 0. The largest absolute Gasteiger partial charge is 0.446 e. The molecule has 4 aliphatic carbocycles. The van der Waals surface area contributed by atoms with E-state index in [2.05, 4.69) is 51.3 Å². The van der Waals surface area contributed by atoms with Gasteiger partial charge in [0.2, 0.25) is 0 Å². The Morgan fingerprint density at radius 2 is 1.18 bits per heavy atom. The molecule has 0 aromatic heterocycles. The normalized spacial score (nSPS) is 27.5. The number of hydrogen-bond donors (Lipinski definition) is 2. The minimum atomic E-state index is -0.515. The zero-order valence-electron chi connectivity index (χ0n) is 40.2. The second kappa shape index (κ2) is 27.5. The number of rotatable bonds is 30. The van der Waals surface area contributed by atoms with Crippen molar-refractivity contribution in [2.75, 3.05) is 106 Å². The Balaban J connectivity index is 0.914. The van der Waals surface area contributed by atoms with Crippen molar-refractivity contribution in [3.63, 3.8) is 0 Å². The van der Waals surface area contributed by atoms with Crippen LogP contribution >= 0.6 is 0 Å². The average Bonchev–Trinajstić information content (AvgIpc) is 3.57. The highest BCUT2D eigenvalue weighted by Gasteiger charge is 2.59. The van der Waals surface area contributed by atoms with Gasteiger partial charge in [-0.3, -0.25) is 0 Å². The average molecular weight is 881 g/mol. The number of carbonyl (C=O) groups is 2. The zero-order chi connectivity index (χ0) is 44.9. The lowest BCUT2D eigenvalue weighted by atomic mass is 9.47. The maximum atomic E-state index is 12.7. The molecular formula is C49H88N2O11. The van der Waals surface area contributed by atoms with Crippen LogP contribution in [0.5, 0.6) is 0 Å². The van der Waals surface area contributed by atoms with Gasteiger partial charge in [0.1, 0.15) is 11.7 Å². The van der Waals surface area contributed by atoms with Crippen LogP contribution < -0.4 is 10.6 Å². The van der Waals surface area contributed by atoms with Crippen molar-refractivity contribution in [2.45, 2.75) is 138 Å². The Morgan fingerprint density at radius 1 is 0.661 bits per heavy atom. The van der Waals surface area contributed by atoms with Crippen molar-refractivity contribution >= 4 is 12.2 Å². The van der Waals surface area contributed by atoms with Crippen molar-refractivity contribution in [2.24, 2.45) is 46.3 Å². The SMILES string of the molecule is CC(C)CCC[C@@H](C)[C@H]1CC[C@H]2[C@@H]3CC=C4C[C@@H](OC(=O)NCCOCCOCCOCCOCCOCCOCCOCCNC(=O)OC(C)(C)C)CC[C@]4(C)C3CC[C@]12C. The number of hydrogen-bond acceptors (Lipinski definition) is 11. The summed E-state index contributed by atoms with van der Waals surface area (Å²) in [6.07, 6.45) is 15.6. The Morgan fingerprint density at radius 3 is 1.69 bits per heavy atom. The lowest BCUT2D eigenvalue weighted by Gasteiger charge is -2.58. The molecule has 62 heavy (non-hydrogen) atoms. The van der Waals surface area contributed by atoms with Gasteiger partial charge in [-0.2, -0.15) is 0 Å². The fourth-order valence-corrected chi connectivity index (χ4v) is 11.1. The van der Waals surface area contributed by atoms with Gasteiger partial charge in [-0.25, -0.2) is 9.59 Å². The van der Waals surface area contributed by atoms with Gasteiger partial charge in [0, 0.05) is 19.5 Å². The third-order valence-corrected chi connectivity index (χ3v) is 14.2. The standard InChI is InChI=1S/C49H88N2O11/c1-37(2)10-9-11-38(3)42-14-15-43-41-13-12-39-36-40(16-18-48(39,7)44(41)17-19-49(42,43)8)61-45(52)50-20-22-54-24-26-56-28-30-58-32-34-60-35-33-59-31-29-57-27-25-55-23-21-51-46(53)62-47(4,5)6/h12,37-38,40-44H,9-11,13-36H2,1-8H3,(H,50,52)(H,51,53)/t38-,40+,41+,42-,43+,44?,48+,49-/m1/s1. The van der Waals surface area contributed by atoms with Crippen LogP contribution in [0.3, 0.4) is 0 Å². The van der Waals surface area contributed by atoms with E-state index in [4.69, 9.17) is 42.6 Å². The first kappa shape index (κ1) is 52.6. The highest BCUT2D eigenvalue weighted by Crippen LogP contribution is 2.67. The first-order valence-corrected chi connectivity index (χ1v) is 24.4. The molecule has 3 saturated carbocycles. The van der Waals surface area contributed by atoms with Crippen LogP contribution in [-0.4, -0.2) is 129 Å². The molecule has 8 atom stereocenters. The van der Waals surface area contributed by atoms with E-state index in [9.17, 15) is 9.59 Å². The lowest BCUT2D eigenvalue weighted by molar-refractivity contribution is -0.0581. The second-order valence-corrected chi connectivity index (χ2v) is 20.2. The quantitative estimate of drug-likeness (QED) is 0.0529. The number of carbonyl (C=O) groups excluding carboxylic acids is 2. The molecule has 0 bridgehead atoms. The summed E-state index contributed by atoms with van der Waals surface area (Å²) in [7, 11) is 0. The minimum Gasteiger partial charge on any atom is -0.446 e. The molecule has 4 aliphatic rings. The minimum absolute atomic E-state index is 0.0523. The Labute approximate surface area is 375 Å². The Kier molecular flexibility index (Phi) is 23.3. The van der Waals surface area contributed by atoms with Gasteiger partial charge in [-0.15, -0.1) is 0 Å². The van der Waals surface area contributed by atoms with E-state index < -0.39 is 11.7 Å². The number of ether oxygens (including phenoxy) is 9. The van der Waals surface area contributed by atoms with Gasteiger partial charge in [0.25, 0.3) is 0 Å². The summed E-state index contributed by atoms with van der Waals surface area (Å²) in [5, 5.41) is 5.52. The molecule has 0 aromatic rings. The van der Waals surface area contributed by atoms with E-state index in [0.717, 1.165) is 54.8 Å². The van der Waals surface area contributed by atoms with Crippen molar-refractivity contribution in [1.82, 2.24) is 10.6 Å². The van der Waals surface area contributed by atoms with Gasteiger partial charge in [-0.1, -0.05) is 65.5 Å². The third-order valence-electron chi connectivity index (χ3n) is 14.2. The Hall–Kier alpha value is -2.00. The third kappa shape index (κ3) is 17.8. The molecule has 0 saturated heterocycles. The zero-order valence-corrected chi connectivity index (χ0v) is 40.2. The van der Waals surface area contributed by atoms with E-state index in [1.165, 1.54) is 51.4 Å². The van der Waals surface area contributed by atoms with Crippen LogP contribution in [0.25, 0.3) is 0 Å². The van der Waals surface area contributed by atoms with Crippen molar-refractivity contribution < 1.29 is 52.2 Å². The molecule has 4 rings (SSSR count). The van der Waals surface area contributed by atoms with E-state index in [-0.39, 0.29) is 17.6 Å². The molecule has 3 fully saturated rings. The highest BCUT2D eigenvalue weighted by molar-refractivity contribution is 5.67. The fraction of sp³-hybridized carbons (Fsp3) is 0.918. The number of amides is 2. The second-order valence-electron chi connectivity index (χ2n) is 20.2. The number of nitrogens with one attached hydrogen (secondary N) is 2. The molecule has 360 valence electrons. The molecule has 1 unspecified atom stereocenters. The van der Waals surface area contributed by atoms with E-state index in [1.807, 2.05) is 20.8 Å². The predicted octanol–water partition coefficient (Wildman–Crippen LogP) is 8.76. The molecule has 13 heteroatoms. The molecular weight excluding hydrogens is 793 g/mol. The van der Waals surface area contributed by atoms with Crippen molar-refractivity contribution in [1.29, 1.82) is 0 Å². The summed E-state index contributed by atoms with van der Waals surface area (Å²) >= 11 is 0. The molecule has 0 radical (unpaired) electrons.